The molecule has 0 amide bonds. The molecule has 0 spiro atoms. The highest BCUT2D eigenvalue weighted by atomic mass is 28.4. The Balaban J connectivity index is 0.000000342. The van der Waals surface area contributed by atoms with Gasteiger partial charge in [0.15, 0.2) is 5.84 Å². The number of benzene rings is 2. The lowest BCUT2D eigenvalue weighted by atomic mass is 10.2. The van der Waals surface area contributed by atoms with Gasteiger partial charge in [0, 0.05) is 5.56 Å². The number of nitriles is 1. The summed E-state index contributed by atoms with van der Waals surface area (Å²) in [6.45, 7) is 21.9. The summed E-state index contributed by atoms with van der Waals surface area (Å²) in [6, 6.07) is 16.8. The Bertz CT molecular complexity index is 1030. The van der Waals surface area contributed by atoms with E-state index < -0.39 is 16.6 Å². The van der Waals surface area contributed by atoms with E-state index >= 15 is 0 Å². The smallest absolute Gasteiger partial charge is 0.250 e. The first-order chi connectivity index (χ1) is 15.4. The minimum Gasteiger partial charge on any atom is -0.543 e. The number of hydrogen-bond donors (Lipinski definition) is 2. The molecule has 0 heterocycles. The summed E-state index contributed by atoms with van der Waals surface area (Å²) in [5, 5.41) is 20.8. The van der Waals surface area contributed by atoms with Gasteiger partial charge in [-0.3, -0.25) is 0 Å². The van der Waals surface area contributed by atoms with Crippen molar-refractivity contribution in [2.24, 2.45) is 10.9 Å². The van der Waals surface area contributed by atoms with Crippen LogP contribution in [0.4, 0.5) is 0 Å². The molecule has 0 atom stereocenters. The van der Waals surface area contributed by atoms with Crippen LogP contribution in [0.25, 0.3) is 0 Å². The van der Waals surface area contributed by atoms with Crippen molar-refractivity contribution in [3.05, 3.63) is 59.7 Å². The van der Waals surface area contributed by atoms with E-state index in [4.69, 9.17) is 25.1 Å². The zero-order valence-corrected chi connectivity index (χ0v) is 24.4. The van der Waals surface area contributed by atoms with Gasteiger partial charge in [-0.05, 0) is 66.6 Å². The largest absolute Gasteiger partial charge is 0.543 e. The molecule has 2 rings (SSSR count). The number of oxime groups is 1. The first-order valence-electron chi connectivity index (χ1n) is 11.4. The van der Waals surface area contributed by atoms with Gasteiger partial charge in [0.1, 0.15) is 11.5 Å². The molecule has 0 saturated heterocycles. The molecule has 0 fully saturated rings. The molecule has 0 aliphatic carbocycles. The van der Waals surface area contributed by atoms with E-state index in [1.54, 1.807) is 24.3 Å². The molecule has 34 heavy (non-hydrogen) atoms. The summed E-state index contributed by atoms with van der Waals surface area (Å²) in [5.74, 6) is 1.67. The molecule has 0 bridgehead atoms. The van der Waals surface area contributed by atoms with E-state index in [0.29, 0.717) is 11.1 Å². The minimum absolute atomic E-state index is 0.0932. The van der Waals surface area contributed by atoms with Gasteiger partial charge >= 0.3 is 0 Å². The van der Waals surface area contributed by atoms with E-state index in [2.05, 4.69) is 79.0 Å². The van der Waals surface area contributed by atoms with Gasteiger partial charge in [0.2, 0.25) is 16.6 Å². The molecular weight excluding hydrogens is 458 g/mol. The van der Waals surface area contributed by atoms with Crippen LogP contribution in [0.1, 0.15) is 52.7 Å². The monoisotopic (exact) mass is 499 g/mol. The Morgan fingerprint density at radius 2 is 1.29 bits per heavy atom. The molecule has 0 aromatic heterocycles. The predicted octanol–water partition coefficient (Wildman–Crippen LogP) is 7.11. The summed E-state index contributed by atoms with van der Waals surface area (Å²) in [7, 11) is -3.65. The number of hydrogen-bond acceptors (Lipinski definition) is 5. The molecule has 6 nitrogen and oxygen atoms in total. The summed E-state index contributed by atoms with van der Waals surface area (Å²) >= 11 is 0. The van der Waals surface area contributed by atoms with E-state index in [-0.39, 0.29) is 15.9 Å². The number of amidine groups is 1. The average molecular weight is 500 g/mol. The quantitative estimate of drug-likeness (QED) is 0.150. The topological polar surface area (TPSA) is 101 Å². The Labute approximate surface area is 207 Å². The van der Waals surface area contributed by atoms with Gasteiger partial charge in [-0.15, -0.1) is 0 Å². The van der Waals surface area contributed by atoms with Crippen LogP contribution in [-0.4, -0.2) is 27.7 Å². The molecule has 8 heteroatoms. The zero-order chi connectivity index (χ0) is 26.4. The first kappa shape index (κ1) is 29.3. The molecule has 0 aliphatic rings. The van der Waals surface area contributed by atoms with Gasteiger partial charge in [-0.2, -0.15) is 5.26 Å². The fourth-order valence-corrected chi connectivity index (χ4v) is 4.35. The van der Waals surface area contributed by atoms with Crippen molar-refractivity contribution in [3.8, 4) is 17.6 Å². The molecule has 2 aromatic rings. The van der Waals surface area contributed by atoms with E-state index in [1.807, 2.05) is 24.3 Å². The van der Waals surface area contributed by atoms with Crippen LogP contribution in [-0.2, 0) is 0 Å². The second-order valence-electron chi connectivity index (χ2n) is 11.4. The van der Waals surface area contributed by atoms with Gasteiger partial charge in [0.05, 0.1) is 11.6 Å². The van der Waals surface area contributed by atoms with Gasteiger partial charge in [-0.25, -0.2) is 0 Å². The summed E-state index contributed by atoms with van der Waals surface area (Å²) in [6.07, 6.45) is 0. The molecule has 0 aliphatic heterocycles. The van der Waals surface area contributed by atoms with Crippen molar-refractivity contribution < 1.29 is 14.1 Å². The molecule has 0 saturated carbocycles. The van der Waals surface area contributed by atoms with Crippen LogP contribution < -0.4 is 14.6 Å². The lowest BCUT2D eigenvalue weighted by Gasteiger charge is -2.36. The van der Waals surface area contributed by atoms with Crippen molar-refractivity contribution in [3.63, 3.8) is 0 Å². The van der Waals surface area contributed by atoms with Crippen molar-refractivity contribution in [2.75, 3.05) is 0 Å². The Hall–Kier alpha value is -2.77. The van der Waals surface area contributed by atoms with Crippen LogP contribution in [0.15, 0.2) is 53.7 Å². The van der Waals surface area contributed by atoms with E-state index in [9.17, 15) is 0 Å². The zero-order valence-electron chi connectivity index (χ0n) is 22.4. The molecule has 186 valence electrons. The lowest BCUT2D eigenvalue weighted by Crippen LogP contribution is -2.43. The maximum atomic E-state index is 8.83. The van der Waals surface area contributed by atoms with Crippen molar-refractivity contribution in [1.29, 1.82) is 5.26 Å². The second kappa shape index (κ2) is 11.1. The van der Waals surface area contributed by atoms with E-state index in [1.165, 1.54) is 0 Å². The third kappa shape index (κ3) is 8.22. The normalized spacial score (nSPS) is 12.8. The second-order valence-corrected chi connectivity index (χ2v) is 20.8. The first-order valence-corrected chi connectivity index (χ1v) is 17.2. The maximum Gasteiger partial charge on any atom is 0.250 e. The van der Waals surface area contributed by atoms with Crippen LogP contribution >= 0.6 is 0 Å². The minimum atomic E-state index is -1.86. The maximum absolute atomic E-state index is 8.83. The SMILES string of the molecule is CC(C)(C)[Si](C)(C)Oc1cccc(C#N)c1.CC(C)(C)[Si](C)(C)Oc1cccc(C(N)=NO)c1. The van der Waals surface area contributed by atoms with Gasteiger partial charge in [-0.1, -0.05) is 64.9 Å². The van der Waals surface area contributed by atoms with Crippen molar-refractivity contribution in [2.45, 2.75) is 77.8 Å². The molecule has 0 unspecified atom stereocenters. The Morgan fingerprint density at radius 3 is 1.71 bits per heavy atom. The highest BCUT2D eigenvalue weighted by molar-refractivity contribution is 6.75. The molecule has 3 N–H and O–H groups in total. The fraction of sp³-hybridized carbons (Fsp3) is 0.462. The highest BCUT2D eigenvalue weighted by Crippen LogP contribution is 2.38. The Morgan fingerprint density at radius 1 is 0.853 bits per heavy atom. The average Bonchev–Trinajstić information content (AvgIpc) is 2.71. The summed E-state index contributed by atoms with van der Waals surface area (Å²) < 4.78 is 12.2. The highest BCUT2D eigenvalue weighted by Gasteiger charge is 2.39. The number of rotatable bonds is 5. The predicted molar refractivity (Wildman–Crippen MR) is 146 cm³/mol. The Kier molecular flexibility index (Phi) is 9.56. The standard InChI is InChI=1S/C13H22N2O2Si.C13H19NOSi/c1-13(2,3)18(4,5)17-11-8-6-7-10(9-11)12(14)15-16;1-13(2,3)16(4,5)15-12-8-6-7-11(9-12)10-14/h6-9,16H,1-5H3,(H2,14,15);6-9H,1-5H3. The molecular formula is C26H41N3O3Si2. The van der Waals surface area contributed by atoms with E-state index in [0.717, 1.165) is 11.5 Å². The van der Waals surface area contributed by atoms with Crippen LogP contribution in [0, 0.1) is 11.3 Å². The van der Waals surface area contributed by atoms with Gasteiger partial charge in [0.25, 0.3) is 0 Å². The van der Waals surface area contributed by atoms with Crippen LogP contribution in [0.3, 0.4) is 0 Å². The summed E-state index contributed by atoms with van der Waals surface area (Å²) in [4.78, 5) is 0. The summed E-state index contributed by atoms with van der Waals surface area (Å²) in [5.41, 5.74) is 6.88. The third-order valence-corrected chi connectivity index (χ3v) is 15.3. The number of nitrogens with two attached hydrogens (primary N) is 1. The fourth-order valence-electron chi connectivity index (χ4n) is 2.30. The molecule has 0 radical (unpaired) electrons. The molecule has 2 aromatic carbocycles. The third-order valence-electron chi connectivity index (χ3n) is 6.56. The van der Waals surface area contributed by atoms with Crippen LogP contribution in [0.5, 0.6) is 11.5 Å². The van der Waals surface area contributed by atoms with Crippen LogP contribution in [0.2, 0.25) is 36.3 Å². The van der Waals surface area contributed by atoms with Gasteiger partial charge < -0.3 is 19.8 Å². The lowest BCUT2D eigenvalue weighted by molar-refractivity contribution is 0.318. The van der Waals surface area contributed by atoms with Crippen molar-refractivity contribution in [1.82, 2.24) is 0 Å². The van der Waals surface area contributed by atoms with Crippen molar-refractivity contribution >= 4 is 22.5 Å². The number of nitrogens with zero attached hydrogens (tertiary/aromatic N) is 2.